The molecule has 2 aromatic carbocycles. The van der Waals surface area contributed by atoms with Crippen LogP contribution >= 0.6 is 15.9 Å². The largest absolute Gasteiger partial charge is 0.478 e. The van der Waals surface area contributed by atoms with Gasteiger partial charge in [0.25, 0.3) is 0 Å². The number of benzene rings is 2. The summed E-state index contributed by atoms with van der Waals surface area (Å²) in [5.74, 6) is 1.40. The van der Waals surface area contributed by atoms with E-state index in [1.165, 1.54) is 0 Å². The maximum atomic E-state index is 13.3. The molecule has 0 atom stereocenters. The first-order valence-electron chi connectivity index (χ1n) is 9.28. The Morgan fingerprint density at radius 3 is 2.71 bits per heavy atom. The lowest BCUT2D eigenvalue weighted by Gasteiger charge is -2.29. The Hall–Kier alpha value is -2.15. The summed E-state index contributed by atoms with van der Waals surface area (Å²) in [4.78, 5) is 15.5. The van der Waals surface area contributed by atoms with Crippen LogP contribution in [-0.2, 0) is 11.3 Å². The molecule has 2 heterocycles. The molecule has 6 heteroatoms. The fraction of sp³-hybridized carbons (Fsp3) is 0.318. The van der Waals surface area contributed by atoms with Gasteiger partial charge in [0, 0.05) is 31.3 Å². The average molecular weight is 444 g/mol. The summed E-state index contributed by atoms with van der Waals surface area (Å²) < 4.78 is 18.2. The number of halogens is 1. The summed E-state index contributed by atoms with van der Waals surface area (Å²) in [6.07, 6.45) is 0.927. The summed E-state index contributed by atoms with van der Waals surface area (Å²) in [6.45, 7) is 4.64. The Morgan fingerprint density at radius 2 is 1.96 bits per heavy atom. The zero-order valence-electron chi connectivity index (χ0n) is 16.0. The summed E-state index contributed by atoms with van der Waals surface area (Å²) in [5, 5.41) is 0.588. The lowest BCUT2D eigenvalue weighted by atomic mass is 10.0. The maximum Gasteiger partial charge on any atom is 0.200 e. The van der Waals surface area contributed by atoms with E-state index in [1.807, 2.05) is 43.3 Å². The van der Waals surface area contributed by atoms with E-state index in [-0.39, 0.29) is 5.43 Å². The van der Waals surface area contributed by atoms with Gasteiger partial charge in [0.2, 0.25) is 5.43 Å². The van der Waals surface area contributed by atoms with Crippen molar-refractivity contribution in [2.24, 2.45) is 0 Å². The minimum atomic E-state index is -0.0135. The van der Waals surface area contributed by atoms with Gasteiger partial charge in [-0.3, -0.25) is 9.69 Å². The third-order valence-electron chi connectivity index (χ3n) is 5.04. The molecule has 1 aromatic heterocycles. The molecule has 0 unspecified atom stereocenters. The predicted octanol–water partition coefficient (Wildman–Crippen LogP) is 4.72. The van der Waals surface area contributed by atoms with Crippen molar-refractivity contribution in [3.8, 4) is 16.9 Å². The number of fused-ring (bicyclic) bond motifs is 3. The number of nitrogens with zero attached hydrogens (tertiary/aromatic N) is 1. The molecule has 0 N–H and O–H groups in total. The standard InChI is InChI=1S/C22H22BrNO4/c1-14-20(15-4-6-16(23)7-5-15)21(25)17-8-9-19-18(22(17)28-14)12-24(13-27-19)10-3-11-26-2/h4-9H,3,10-13H2,1-2H3. The fourth-order valence-electron chi connectivity index (χ4n) is 3.65. The quantitative estimate of drug-likeness (QED) is 0.534. The van der Waals surface area contributed by atoms with Crippen molar-refractivity contribution in [3.05, 3.63) is 62.4 Å². The molecule has 1 aliphatic rings. The number of aryl methyl sites for hydroxylation is 1. The zero-order valence-corrected chi connectivity index (χ0v) is 17.5. The van der Waals surface area contributed by atoms with Crippen LogP contribution in [-0.4, -0.2) is 31.9 Å². The minimum Gasteiger partial charge on any atom is -0.478 e. The summed E-state index contributed by atoms with van der Waals surface area (Å²) in [6, 6.07) is 11.4. The molecule has 0 spiro atoms. The van der Waals surface area contributed by atoms with Crippen molar-refractivity contribution >= 4 is 26.9 Å². The van der Waals surface area contributed by atoms with Crippen LogP contribution in [0.15, 0.2) is 50.1 Å². The normalized spacial score (nSPS) is 14.1. The topological polar surface area (TPSA) is 51.9 Å². The SMILES string of the molecule is COCCCN1COc2ccc3c(=O)c(-c4ccc(Br)cc4)c(C)oc3c2C1. The molecule has 28 heavy (non-hydrogen) atoms. The first-order valence-corrected chi connectivity index (χ1v) is 10.1. The van der Waals surface area contributed by atoms with E-state index in [4.69, 9.17) is 13.9 Å². The monoisotopic (exact) mass is 443 g/mol. The van der Waals surface area contributed by atoms with Gasteiger partial charge in [0.1, 0.15) is 23.8 Å². The van der Waals surface area contributed by atoms with E-state index < -0.39 is 0 Å². The van der Waals surface area contributed by atoms with Crippen LogP contribution in [0.2, 0.25) is 0 Å². The number of hydrogen-bond donors (Lipinski definition) is 0. The summed E-state index contributed by atoms with van der Waals surface area (Å²) in [7, 11) is 1.70. The smallest absolute Gasteiger partial charge is 0.200 e. The van der Waals surface area contributed by atoms with E-state index in [0.717, 1.165) is 34.3 Å². The van der Waals surface area contributed by atoms with Crippen LogP contribution in [0.1, 0.15) is 17.7 Å². The van der Waals surface area contributed by atoms with Gasteiger partial charge < -0.3 is 13.9 Å². The lowest BCUT2D eigenvalue weighted by molar-refractivity contribution is 0.0838. The Morgan fingerprint density at radius 1 is 1.18 bits per heavy atom. The third-order valence-corrected chi connectivity index (χ3v) is 5.57. The molecule has 3 aromatic rings. The van der Waals surface area contributed by atoms with E-state index in [9.17, 15) is 4.79 Å². The molecule has 0 bridgehead atoms. The second kappa shape index (κ2) is 8.07. The lowest BCUT2D eigenvalue weighted by Crippen LogP contribution is -2.33. The highest BCUT2D eigenvalue weighted by Gasteiger charge is 2.23. The first kappa shape index (κ1) is 19.2. The van der Waals surface area contributed by atoms with E-state index in [2.05, 4.69) is 20.8 Å². The molecule has 4 rings (SSSR count). The highest BCUT2D eigenvalue weighted by Crippen LogP contribution is 2.34. The highest BCUT2D eigenvalue weighted by atomic mass is 79.9. The summed E-state index contributed by atoms with van der Waals surface area (Å²) in [5.41, 5.74) is 3.00. The Bertz CT molecular complexity index is 1060. The second-order valence-corrected chi connectivity index (χ2v) is 7.88. The van der Waals surface area contributed by atoms with Crippen molar-refractivity contribution in [2.75, 3.05) is 27.0 Å². The van der Waals surface area contributed by atoms with Crippen molar-refractivity contribution in [1.82, 2.24) is 4.90 Å². The molecule has 146 valence electrons. The van der Waals surface area contributed by atoms with Crippen molar-refractivity contribution < 1.29 is 13.9 Å². The van der Waals surface area contributed by atoms with Gasteiger partial charge in [-0.1, -0.05) is 28.1 Å². The molecule has 0 saturated carbocycles. The van der Waals surface area contributed by atoms with Crippen molar-refractivity contribution in [3.63, 3.8) is 0 Å². The minimum absolute atomic E-state index is 0.0135. The molecular formula is C22H22BrNO4. The highest BCUT2D eigenvalue weighted by molar-refractivity contribution is 9.10. The second-order valence-electron chi connectivity index (χ2n) is 6.96. The van der Waals surface area contributed by atoms with E-state index in [0.29, 0.717) is 42.2 Å². The Kier molecular flexibility index (Phi) is 5.53. The Labute approximate surface area is 172 Å². The van der Waals surface area contributed by atoms with Crippen LogP contribution in [0.25, 0.3) is 22.1 Å². The van der Waals surface area contributed by atoms with E-state index in [1.54, 1.807) is 7.11 Å². The number of ether oxygens (including phenoxy) is 2. The van der Waals surface area contributed by atoms with Crippen LogP contribution in [0, 0.1) is 6.92 Å². The third kappa shape index (κ3) is 3.60. The molecule has 1 aliphatic heterocycles. The molecule has 5 nitrogen and oxygen atoms in total. The molecule has 0 radical (unpaired) electrons. The fourth-order valence-corrected chi connectivity index (χ4v) is 3.91. The van der Waals surface area contributed by atoms with Crippen molar-refractivity contribution in [2.45, 2.75) is 19.9 Å². The van der Waals surface area contributed by atoms with Gasteiger partial charge in [-0.25, -0.2) is 0 Å². The van der Waals surface area contributed by atoms with Gasteiger partial charge in [-0.2, -0.15) is 0 Å². The molecular weight excluding hydrogens is 422 g/mol. The molecule has 0 amide bonds. The zero-order chi connectivity index (χ0) is 19.7. The van der Waals surface area contributed by atoms with Crippen LogP contribution in [0.3, 0.4) is 0 Å². The average Bonchev–Trinajstić information content (AvgIpc) is 2.69. The van der Waals surface area contributed by atoms with Crippen molar-refractivity contribution in [1.29, 1.82) is 0 Å². The van der Waals surface area contributed by atoms with Crippen LogP contribution in [0.5, 0.6) is 5.75 Å². The number of hydrogen-bond acceptors (Lipinski definition) is 5. The van der Waals surface area contributed by atoms with Gasteiger partial charge in [0.05, 0.1) is 16.5 Å². The van der Waals surface area contributed by atoms with Gasteiger partial charge in [-0.05, 0) is 43.2 Å². The van der Waals surface area contributed by atoms with Crippen LogP contribution in [0.4, 0.5) is 0 Å². The van der Waals surface area contributed by atoms with E-state index >= 15 is 0 Å². The van der Waals surface area contributed by atoms with Crippen LogP contribution < -0.4 is 10.2 Å². The number of rotatable bonds is 5. The Balaban J connectivity index is 1.77. The number of methoxy groups -OCH3 is 1. The molecule has 0 saturated heterocycles. The predicted molar refractivity (Wildman–Crippen MR) is 113 cm³/mol. The summed E-state index contributed by atoms with van der Waals surface area (Å²) >= 11 is 3.44. The molecule has 0 aliphatic carbocycles. The van der Waals surface area contributed by atoms with Gasteiger partial charge >= 0.3 is 0 Å². The molecule has 0 fully saturated rings. The maximum absolute atomic E-state index is 13.3. The van der Waals surface area contributed by atoms with Gasteiger partial charge in [-0.15, -0.1) is 0 Å². The van der Waals surface area contributed by atoms with Gasteiger partial charge in [0.15, 0.2) is 0 Å². The first-order chi connectivity index (χ1) is 13.6.